The first kappa shape index (κ1) is 17.0. The van der Waals surface area contributed by atoms with Gasteiger partial charge in [0.1, 0.15) is 0 Å². The van der Waals surface area contributed by atoms with Gasteiger partial charge in [-0.2, -0.15) is 13.5 Å². The van der Waals surface area contributed by atoms with E-state index in [4.69, 9.17) is 3.08 Å². The van der Waals surface area contributed by atoms with Crippen LogP contribution >= 0.6 is 13.5 Å². The summed E-state index contributed by atoms with van der Waals surface area (Å²) in [5, 5.41) is 0. The minimum absolute atomic E-state index is 0. The van der Waals surface area contributed by atoms with Gasteiger partial charge in [-0.3, -0.25) is 0 Å². The molecule has 0 aliphatic rings. The van der Waals surface area contributed by atoms with Crippen molar-refractivity contribution in [3.8, 4) is 0 Å². The number of hydrogen-bond donors (Lipinski definition) is 0. The Kier molecular flexibility index (Phi) is 90.3. The fourth-order valence-electron chi connectivity index (χ4n) is 0. The maximum absolute atomic E-state index is 8.34. The van der Waals surface area contributed by atoms with Gasteiger partial charge in [0, 0.05) is 0 Å². The summed E-state index contributed by atoms with van der Waals surface area (Å²) in [5.41, 5.74) is 0. The molecule has 24 valence electrons. The van der Waals surface area contributed by atoms with Crippen LogP contribution < -0.4 is 0 Å². The Bertz CT molecular complexity index is 8.00. The van der Waals surface area contributed by atoms with Crippen molar-refractivity contribution in [1.82, 2.24) is 0 Å². The molecule has 0 amide bonds. The molecule has 0 N–H and O–H groups in total. The van der Waals surface area contributed by atoms with Crippen LogP contribution in [0.3, 0.4) is 0 Å². The molecule has 0 unspecified atom stereocenters. The average Bonchev–Trinajstić information content (AvgIpc) is 1.00. The SMILES string of the molecule is S.[InH3].[O]=[Sn]. The third-order valence-electron chi connectivity index (χ3n) is 0. The molecule has 0 aromatic carbocycles. The molecule has 0 atom stereocenters. The Morgan fingerprint density at radius 3 is 1.25 bits per heavy atom. The third kappa shape index (κ3) is 9.17. The van der Waals surface area contributed by atoms with E-state index in [0.29, 0.717) is 22.5 Å². The molecule has 0 rings (SSSR count). The van der Waals surface area contributed by atoms with Crippen LogP contribution in [0, 0.1) is 0 Å². The van der Waals surface area contributed by atoms with Gasteiger partial charge in [0.25, 0.3) is 0 Å². The fraction of sp³-hybridized carbons (Fsp3) is 0. The van der Waals surface area contributed by atoms with Gasteiger partial charge in [-0.25, -0.2) is 0 Å². The Morgan fingerprint density at radius 1 is 1.25 bits per heavy atom. The Labute approximate surface area is 64.2 Å². The summed E-state index contributed by atoms with van der Waals surface area (Å²) in [6, 6.07) is 0. The Hall–Kier alpha value is 1.82. The predicted molar refractivity (Wildman–Crippen MR) is 26.8 cm³/mol. The molecule has 0 heterocycles. The van der Waals surface area contributed by atoms with Crippen LogP contribution in [0.1, 0.15) is 0 Å². The van der Waals surface area contributed by atoms with E-state index in [9.17, 15) is 0 Å². The molecular formula is H5InOSSn. The predicted octanol–water partition coefficient (Wildman–Crippen LogP) is -1.57. The van der Waals surface area contributed by atoms with Gasteiger partial charge < -0.3 is 0 Å². The quantitative estimate of drug-likeness (QED) is 0.492. The molecule has 0 aromatic rings. The maximum atomic E-state index is 8.34. The van der Waals surface area contributed by atoms with E-state index in [0.717, 1.165) is 0 Å². The van der Waals surface area contributed by atoms with Crippen LogP contribution in [-0.4, -0.2) is 48.4 Å². The van der Waals surface area contributed by atoms with E-state index in [1.54, 1.807) is 0 Å². The normalized spacial score (nSPS) is 1.00. The second kappa shape index (κ2) is 21.2. The van der Waals surface area contributed by atoms with Crippen LogP contribution in [0.5, 0.6) is 0 Å². The van der Waals surface area contributed by atoms with E-state index in [1.165, 1.54) is 0 Å². The van der Waals surface area contributed by atoms with Crippen molar-refractivity contribution in [3.05, 3.63) is 0 Å². The molecule has 0 aliphatic heterocycles. The van der Waals surface area contributed by atoms with E-state index in [2.05, 4.69) is 0 Å². The summed E-state index contributed by atoms with van der Waals surface area (Å²) in [4.78, 5) is 0. The zero-order chi connectivity index (χ0) is 2.00. The average molecular weight is 287 g/mol. The molecule has 4 heavy (non-hydrogen) atoms. The van der Waals surface area contributed by atoms with Crippen LogP contribution in [-0.2, 0) is 3.08 Å². The van der Waals surface area contributed by atoms with Crippen molar-refractivity contribution in [3.63, 3.8) is 0 Å². The first-order valence-electron chi connectivity index (χ1n) is 0.204. The molecule has 0 fully saturated rings. The standard InChI is InChI=1S/In.O.H2S.Sn.3H/h;;1H2;;;;. The summed E-state index contributed by atoms with van der Waals surface area (Å²) in [6.45, 7) is 0. The van der Waals surface area contributed by atoms with Gasteiger partial charge in [-0.15, -0.1) is 0 Å². The van der Waals surface area contributed by atoms with Gasteiger partial charge in [0.05, 0.1) is 0 Å². The number of hydrogen-bond acceptors (Lipinski definition) is 1. The van der Waals surface area contributed by atoms with Crippen LogP contribution in [0.25, 0.3) is 0 Å². The summed E-state index contributed by atoms with van der Waals surface area (Å²) in [7, 11) is 0. The topological polar surface area (TPSA) is 17.1 Å². The van der Waals surface area contributed by atoms with Crippen molar-refractivity contribution in [2.45, 2.75) is 0 Å². The molecule has 0 saturated carbocycles. The van der Waals surface area contributed by atoms with Crippen LogP contribution in [0.15, 0.2) is 0 Å². The monoisotopic (exact) mass is 288 g/mol. The molecular weight excluding hydrogens is 282 g/mol. The van der Waals surface area contributed by atoms with Crippen LogP contribution in [0.2, 0.25) is 0 Å². The van der Waals surface area contributed by atoms with Crippen molar-refractivity contribution in [1.29, 1.82) is 0 Å². The molecule has 0 saturated heterocycles. The van der Waals surface area contributed by atoms with Crippen molar-refractivity contribution < 1.29 is 3.08 Å². The second-order valence-electron chi connectivity index (χ2n) is 0. The molecule has 4 heteroatoms. The van der Waals surface area contributed by atoms with Crippen molar-refractivity contribution >= 4 is 61.9 Å². The molecule has 0 aliphatic carbocycles. The van der Waals surface area contributed by atoms with E-state index in [1.807, 2.05) is 0 Å². The first-order valence-corrected chi connectivity index (χ1v) is 1.37. The zero-order valence-corrected chi connectivity index (χ0v) is 5.26. The van der Waals surface area contributed by atoms with Gasteiger partial charge in [0.2, 0.25) is 0 Å². The molecule has 0 spiro atoms. The molecule has 0 bridgehead atoms. The third-order valence-corrected chi connectivity index (χ3v) is 0. The van der Waals surface area contributed by atoms with Gasteiger partial charge >= 0.3 is 51.4 Å². The van der Waals surface area contributed by atoms with E-state index < -0.39 is 0 Å². The van der Waals surface area contributed by atoms with Gasteiger partial charge in [0.15, 0.2) is 0 Å². The fourth-order valence-corrected chi connectivity index (χ4v) is 0. The van der Waals surface area contributed by atoms with Gasteiger partial charge in [-0.1, -0.05) is 0 Å². The minimum atomic E-state index is 0. The van der Waals surface area contributed by atoms with Crippen LogP contribution in [0.4, 0.5) is 0 Å². The van der Waals surface area contributed by atoms with E-state index >= 15 is 0 Å². The number of rotatable bonds is 0. The summed E-state index contributed by atoms with van der Waals surface area (Å²) >= 11 is 0.300. The van der Waals surface area contributed by atoms with Crippen molar-refractivity contribution in [2.24, 2.45) is 0 Å². The summed E-state index contributed by atoms with van der Waals surface area (Å²) in [5.74, 6) is 0. The summed E-state index contributed by atoms with van der Waals surface area (Å²) < 4.78 is 8.34. The van der Waals surface area contributed by atoms with Gasteiger partial charge in [-0.05, 0) is 0 Å². The molecule has 2 radical (unpaired) electrons. The Balaban J connectivity index is -0.00000000500. The second-order valence-corrected chi connectivity index (χ2v) is 0. The first-order chi connectivity index (χ1) is 1.00. The Morgan fingerprint density at radius 2 is 1.25 bits per heavy atom. The molecule has 1 nitrogen and oxygen atoms in total. The zero-order valence-electron chi connectivity index (χ0n) is 1.41. The van der Waals surface area contributed by atoms with E-state index in [-0.39, 0.29) is 39.3 Å². The van der Waals surface area contributed by atoms with Crippen molar-refractivity contribution in [2.75, 3.05) is 0 Å². The molecule has 0 aromatic heterocycles. The summed E-state index contributed by atoms with van der Waals surface area (Å²) in [6.07, 6.45) is 0.